The van der Waals surface area contributed by atoms with Crippen LogP contribution in [0.1, 0.15) is 13.8 Å². The van der Waals surface area contributed by atoms with Crippen molar-refractivity contribution in [3.05, 3.63) is 41.4 Å². The third-order valence-corrected chi connectivity index (χ3v) is 5.61. The Morgan fingerprint density at radius 2 is 1.69 bits per heavy atom. The second-order valence-electron chi connectivity index (χ2n) is 6.27. The number of nitrogens with one attached hydrogen (secondary N) is 2. The molecule has 0 unspecified atom stereocenters. The molecule has 10 heteroatoms. The van der Waals surface area contributed by atoms with E-state index in [-0.39, 0.29) is 17.5 Å². The Morgan fingerprint density at radius 3 is 2.24 bits per heavy atom. The highest BCUT2D eigenvalue weighted by Gasteiger charge is 2.16. The first-order valence-electron chi connectivity index (χ1n) is 8.63. The van der Waals surface area contributed by atoms with Crippen molar-refractivity contribution in [3.8, 4) is 17.2 Å². The molecule has 0 bridgehead atoms. The molecule has 0 saturated heterocycles. The van der Waals surface area contributed by atoms with Crippen molar-refractivity contribution in [1.82, 2.24) is 4.72 Å². The van der Waals surface area contributed by atoms with E-state index in [0.717, 1.165) is 0 Å². The first-order chi connectivity index (χ1) is 13.7. The van der Waals surface area contributed by atoms with E-state index in [9.17, 15) is 13.2 Å². The summed E-state index contributed by atoms with van der Waals surface area (Å²) >= 11 is 6.04. The number of rotatable bonds is 9. The number of hydrogen-bond acceptors (Lipinski definition) is 6. The van der Waals surface area contributed by atoms with E-state index in [0.29, 0.717) is 28.0 Å². The summed E-state index contributed by atoms with van der Waals surface area (Å²) in [4.78, 5) is 12.3. The lowest BCUT2D eigenvalue weighted by atomic mass is 10.2. The van der Waals surface area contributed by atoms with Crippen LogP contribution < -0.4 is 24.2 Å². The second kappa shape index (κ2) is 9.82. The van der Waals surface area contributed by atoms with E-state index >= 15 is 0 Å². The molecule has 0 radical (unpaired) electrons. The lowest BCUT2D eigenvalue weighted by Gasteiger charge is -2.14. The van der Waals surface area contributed by atoms with Gasteiger partial charge in [0, 0.05) is 18.2 Å². The smallest absolute Gasteiger partial charge is 0.262 e. The summed E-state index contributed by atoms with van der Waals surface area (Å²) in [6.07, 6.45) is 0. The van der Waals surface area contributed by atoms with Gasteiger partial charge in [-0.15, -0.1) is 0 Å². The van der Waals surface area contributed by atoms with Crippen molar-refractivity contribution in [2.45, 2.75) is 24.8 Å². The molecule has 2 aromatic rings. The van der Waals surface area contributed by atoms with Crippen molar-refractivity contribution in [2.75, 3.05) is 26.1 Å². The van der Waals surface area contributed by atoms with Crippen molar-refractivity contribution in [2.24, 2.45) is 0 Å². The van der Waals surface area contributed by atoms with Crippen LogP contribution in [-0.2, 0) is 14.8 Å². The molecule has 2 aromatic carbocycles. The van der Waals surface area contributed by atoms with Crippen LogP contribution in [0.3, 0.4) is 0 Å². The lowest BCUT2D eigenvalue weighted by Crippen LogP contribution is -2.30. The zero-order valence-electron chi connectivity index (χ0n) is 16.5. The molecule has 0 atom stereocenters. The zero-order valence-corrected chi connectivity index (χ0v) is 18.1. The Hall–Kier alpha value is -2.49. The fourth-order valence-electron chi connectivity index (χ4n) is 2.39. The monoisotopic (exact) mass is 442 g/mol. The van der Waals surface area contributed by atoms with Gasteiger partial charge in [-0.05, 0) is 38.1 Å². The Kier molecular flexibility index (Phi) is 7.72. The number of carbonyl (C=O) groups is 1. The van der Waals surface area contributed by atoms with Gasteiger partial charge in [-0.3, -0.25) is 4.79 Å². The largest absolute Gasteiger partial charge is 0.495 e. The maximum absolute atomic E-state index is 12.2. The summed E-state index contributed by atoms with van der Waals surface area (Å²) in [7, 11) is -0.674. The van der Waals surface area contributed by atoms with Gasteiger partial charge in [0.25, 0.3) is 5.91 Å². The van der Waals surface area contributed by atoms with Gasteiger partial charge in [0.1, 0.15) is 17.2 Å². The van der Waals surface area contributed by atoms with E-state index in [1.807, 2.05) is 0 Å². The molecule has 0 aromatic heterocycles. The number of sulfonamides is 1. The average molecular weight is 443 g/mol. The Bertz CT molecular complexity index is 961. The summed E-state index contributed by atoms with van der Waals surface area (Å²) in [5.74, 6) is 0.669. The number of anilines is 1. The van der Waals surface area contributed by atoms with Crippen LogP contribution >= 0.6 is 11.6 Å². The minimum Gasteiger partial charge on any atom is -0.495 e. The van der Waals surface area contributed by atoms with Crippen LogP contribution in [0.25, 0.3) is 0 Å². The summed E-state index contributed by atoms with van der Waals surface area (Å²) in [6, 6.07) is 8.63. The Morgan fingerprint density at radius 1 is 1.07 bits per heavy atom. The van der Waals surface area contributed by atoms with Gasteiger partial charge >= 0.3 is 0 Å². The molecule has 2 rings (SSSR count). The molecular weight excluding hydrogens is 420 g/mol. The second-order valence-corrected chi connectivity index (χ2v) is 8.39. The van der Waals surface area contributed by atoms with Crippen molar-refractivity contribution < 1.29 is 27.4 Å². The van der Waals surface area contributed by atoms with Crippen molar-refractivity contribution >= 4 is 33.2 Å². The van der Waals surface area contributed by atoms with Gasteiger partial charge in [0.05, 0.1) is 29.8 Å². The number of amides is 1. The predicted molar refractivity (Wildman–Crippen MR) is 111 cm³/mol. The normalized spacial score (nSPS) is 11.2. The minimum absolute atomic E-state index is 0.112. The molecule has 8 nitrogen and oxygen atoms in total. The third kappa shape index (κ3) is 6.25. The van der Waals surface area contributed by atoms with Crippen LogP contribution in [0.4, 0.5) is 5.69 Å². The van der Waals surface area contributed by atoms with Gasteiger partial charge < -0.3 is 19.5 Å². The van der Waals surface area contributed by atoms with E-state index < -0.39 is 15.9 Å². The van der Waals surface area contributed by atoms with Crippen LogP contribution in [0, 0.1) is 0 Å². The summed E-state index contributed by atoms with van der Waals surface area (Å²) in [5.41, 5.74) is 0.378. The number of benzene rings is 2. The maximum atomic E-state index is 12.2. The lowest BCUT2D eigenvalue weighted by molar-refractivity contribution is -0.118. The first-order valence-corrected chi connectivity index (χ1v) is 10.5. The highest BCUT2D eigenvalue weighted by Crippen LogP contribution is 2.35. The van der Waals surface area contributed by atoms with Gasteiger partial charge in [-0.1, -0.05) is 11.6 Å². The van der Waals surface area contributed by atoms with Crippen LogP contribution in [0.15, 0.2) is 41.3 Å². The van der Waals surface area contributed by atoms with E-state index in [1.165, 1.54) is 44.6 Å². The van der Waals surface area contributed by atoms with Gasteiger partial charge in [-0.25, -0.2) is 13.1 Å². The maximum Gasteiger partial charge on any atom is 0.262 e. The molecule has 0 fully saturated rings. The molecule has 0 saturated carbocycles. The van der Waals surface area contributed by atoms with Crippen LogP contribution in [0.2, 0.25) is 5.02 Å². The standard InChI is InChI=1S/C19H23ClN2O6S/c1-12(2)22-29(24,25)14-7-5-13(6-8-14)28-11-19(23)21-16-10-17(26-3)15(20)9-18(16)27-4/h5-10,12,22H,11H2,1-4H3,(H,21,23). The molecule has 0 aliphatic heterocycles. The molecule has 158 valence electrons. The topological polar surface area (TPSA) is 103 Å². The van der Waals surface area contributed by atoms with Gasteiger partial charge in [0.2, 0.25) is 10.0 Å². The highest BCUT2D eigenvalue weighted by atomic mass is 35.5. The number of carbonyl (C=O) groups excluding carboxylic acids is 1. The fourth-order valence-corrected chi connectivity index (χ4v) is 3.87. The SMILES string of the molecule is COc1cc(NC(=O)COc2ccc(S(=O)(=O)NC(C)C)cc2)c(OC)cc1Cl. The number of methoxy groups -OCH3 is 2. The van der Waals surface area contributed by atoms with Crippen molar-refractivity contribution in [3.63, 3.8) is 0 Å². The summed E-state index contributed by atoms with van der Waals surface area (Å²) < 4.78 is 42.5. The van der Waals surface area contributed by atoms with Gasteiger partial charge in [-0.2, -0.15) is 0 Å². The minimum atomic E-state index is -3.59. The summed E-state index contributed by atoms with van der Waals surface area (Å²) in [5, 5.41) is 3.01. The van der Waals surface area contributed by atoms with E-state index in [4.69, 9.17) is 25.8 Å². The molecule has 1 amide bonds. The highest BCUT2D eigenvalue weighted by molar-refractivity contribution is 7.89. The quantitative estimate of drug-likeness (QED) is 0.618. The molecular formula is C19H23ClN2O6S. The van der Waals surface area contributed by atoms with Crippen molar-refractivity contribution in [1.29, 1.82) is 0 Å². The van der Waals surface area contributed by atoms with E-state index in [2.05, 4.69) is 10.0 Å². The molecule has 2 N–H and O–H groups in total. The molecule has 0 aliphatic rings. The molecule has 0 heterocycles. The number of hydrogen-bond donors (Lipinski definition) is 2. The molecule has 29 heavy (non-hydrogen) atoms. The van der Waals surface area contributed by atoms with E-state index in [1.54, 1.807) is 19.9 Å². The fraction of sp³-hybridized carbons (Fsp3) is 0.316. The Labute approximate surface area is 175 Å². The van der Waals surface area contributed by atoms with Crippen LogP contribution in [-0.4, -0.2) is 41.2 Å². The zero-order chi connectivity index (χ0) is 21.6. The number of ether oxygens (including phenoxy) is 3. The third-order valence-electron chi connectivity index (χ3n) is 3.64. The molecule has 0 spiro atoms. The average Bonchev–Trinajstić information content (AvgIpc) is 2.66. The summed E-state index contributed by atoms with van der Waals surface area (Å²) in [6.45, 7) is 3.18. The predicted octanol–water partition coefficient (Wildman–Crippen LogP) is 3.06. The Balaban J connectivity index is 2.01. The van der Waals surface area contributed by atoms with Gasteiger partial charge in [0.15, 0.2) is 6.61 Å². The van der Waals surface area contributed by atoms with Crippen LogP contribution in [0.5, 0.6) is 17.2 Å². The molecule has 0 aliphatic carbocycles. The first kappa shape index (κ1) is 22.8. The number of halogens is 1.